The first kappa shape index (κ1) is 18.4. The Kier molecular flexibility index (Phi) is 6.95. The average molecular weight is 342 g/mol. The Morgan fingerprint density at radius 2 is 1.88 bits per heavy atom. The minimum atomic E-state index is 0.355. The van der Waals surface area contributed by atoms with Crippen molar-refractivity contribution in [3.63, 3.8) is 0 Å². The van der Waals surface area contributed by atoms with E-state index < -0.39 is 0 Å². The van der Waals surface area contributed by atoms with E-state index in [1.165, 1.54) is 5.69 Å². The number of nitrogens with zero attached hydrogens (tertiary/aromatic N) is 2. The molecule has 0 aromatic heterocycles. The summed E-state index contributed by atoms with van der Waals surface area (Å²) in [4.78, 5) is 6.57. The highest BCUT2D eigenvalue weighted by Gasteiger charge is 2.06. The molecule has 0 aliphatic carbocycles. The normalized spacial score (nSPS) is 11.1. The Hall–Kier alpha value is -2.89. The Labute approximate surface area is 149 Å². The van der Waals surface area contributed by atoms with Crippen molar-refractivity contribution in [2.75, 3.05) is 44.6 Å². The number of nitrogens with one attached hydrogen (secondary N) is 1. The maximum absolute atomic E-state index is 5.98. The van der Waals surface area contributed by atoms with Crippen molar-refractivity contribution in [3.05, 3.63) is 48.5 Å². The molecular formula is C19H26N4O2. The van der Waals surface area contributed by atoms with Crippen LogP contribution in [0.2, 0.25) is 0 Å². The molecule has 134 valence electrons. The molecule has 0 atom stereocenters. The number of methoxy groups -OCH3 is 2. The van der Waals surface area contributed by atoms with Gasteiger partial charge in [-0.1, -0.05) is 18.2 Å². The molecule has 2 rings (SSSR count). The Bertz CT molecular complexity index is 689. The van der Waals surface area contributed by atoms with Crippen LogP contribution in [0, 0.1) is 0 Å². The van der Waals surface area contributed by atoms with Crippen molar-refractivity contribution in [2.45, 2.75) is 6.42 Å². The van der Waals surface area contributed by atoms with Crippen LogP contribution in [0.15, 0.2) is 53.5 Å². The highest BCUT2D eigenvalue weighted by atomic mass is 16.5. The van der Waals surface area contributed by atoms with Gasteiger partial charge in [-0.2, -0.15) is 0 Å². The van der Waals surface area contributed by atoms with E-state index in [0.29, 0.717) is 18.3 Å². The van der Waals surface area contributed by atoms with Gasteiger partial charge in [-0.15, -0.1) is 0 Å². The molecule has 0 radical (unpaired) electrons. The number of benzene rings is 2. The molecule has 0 aliphatic heterocycles. The van der Waals surface area contributed by atoms with Crippen LogP contribution >= 0.6 is 0 Å². The number of hydrogen-bond acceptors (Lipinski definition) is 4. The van der Waals surface area contributed by atoms with Crippen molar-refractivity contribution in [3.8, 4) is 11.5 Å². The third-order valence-corrected chi connectivity index (χ3v) is 3.80. The average Bonchev–Trinajstić information content (AvgIpc) is 2.65. The summed E-state index contributed by atoms with van der Waals surface area (Å²) < 4.78 is 10.5. The molecule has 0 amide bonds. The van der Waals surface area contributed by atoms with Gasteiger partial charge in [0.15, 0.2) is 5.96 Å². The number of anilines is 2. The predicted octanol–water partition coefficient (Wildman–Crippen LogP) is 2.96. The lowest BCUT2D eigenvalue weighted by molar-refractivity contribution is 0.405. The van der Waals surface area contributed by atoms with E-state index in [1.54, 1.807) is 14.2 Å². The predicted molar refractivity (Wildman–Crippen MR) is 104 cm³/mol. The van der Waals surface area contributed by atoms with Gasteiger partial charge in [0.2, 0.25) is 0 Å². The molecule has 0 heterocycles. The Morgan fingerprint density at radius 1 is 1.12 bits per heavy atom. The minimum absolute atomic E-state index is 0.355. The lowest BCUT2D eigenvalue weighted by Crippen LogP contribution is -2.24. The lowest BCUT2D eigenvalue weighted by atomic mass is 10.2. The molecule has 0 bridgehead atoms. The standard InChI is InChI=1S/C19H26N4O2/c1-23(15-8-5-4-6-9-15)13-7-12-21-19(20)22-17-14-16(24-2)10-11-18(17)25-3/h4-6,8-11,14H,7,12-13H2,1-3H3,(H3,20,21,22). The minimum Gasteiger partial charge on any atom is -0.497 e. The molecule has 0 aliphatic rings. The van der Waals surface area contributed by atoms with Gasteiger partial charge >= 0.3 is 0 Å². The highest BCUT2D eigenvalue weighted by molar-refractivity contribution is 5.94. The second-order valence-corrected chi connectivity index (χ2v) is 5.57. The molecule has 25 heavy (non-hydrogen) atoms. The van der Waals surface area contributed by atoms with E-state index in [2.05, 4.69) is 34.4 Å². The first-order valence-electron chi connectivity index (χ1n) is 8.19. The van der Waals surface area contributed by atoms with Gasteiger partial charge in [0, 0.05) is 31.9 Å². The largest absolute Gasteiger partial charge is 0.497 e. The maximum atomic E-state index is 5.98. The molecule has 0 spiro atoms. The number of aliphatic imine (C=N–C) groups is 1. The van der Waals surface area contributed by atoms with E-state index in [9.17, 15) is 0 Å². The number of para-hydroxylation sites is 1. The molecule has 6 nitrogen and oxygen atoms in total. The second-order valence-electron chi connectivity index (χ2n) is 5.57. The van der Waals surface area contributed by atoms with Crippen molar-refractivity contribution < 1.29 is 9.47 Å². The van der Waals surface area contributed by atoms with E-state index in [1.807, 2.05) is 36.4 Å². The monoisotopic (exact) mass is 342 g/mol. The molecule has 3 N–H and O–H groups in total. The van der Waals surface area contributed by atoms with Gasteiger partial charge in [0.25, 0.3) is 0 Å². The fraction of sp³-hybridized carbons (Fsp3) is 0.316. The number of hydrogen-bond donors (Lipinski definition) is 2. The highest BCUT2D eigenvalue weighted by Crippen LogP contribution is 2.28. The number of rotatable bonds is 8. The number of guanidine groups is 1. The van der Waals surface area contributed by atoms with Crippen LogP contribution in [-0.2, 0) is 0 Å². The van der Waals surface area contributed by atoms with Crippen LogP contribution in [0.5, 0.6) is 11.5 Å². The first-order valence-corrected chi connectivity index (χ1v) is 8.19. The van der Waals surface area contributed by atoms with Crippen molar-refractivity contribution in [1.82, 2.24) is 0 Å². The molecule has 0 saturated heterocycles. The fourth-order valence-electron chi connectivity index (χ4n) is 2.41. The summed E-state index contributed by atoms with van der Waals surface area (Å²) in [6, 6.07) is 15.7. The Balaban J connectivity index is 1.86. The smallest absolute Gasteiger partial charge is 0.193 e. The summed E-state index contributed by atoms with van der Waals surface area (Å²) in [6.07, 6.45) is 0.906. The molecule has 0 fully saturated rings. The van der Waals surface area contributed by atoms with Gasteiger partial charge in [-0.3, -0.25) is 4.99 Å². The second kappa shape index (κ2) is 9.42. The van der Waals surface area contributed by atoms with Crippen LogP contribution in [-0.4, -0.2) is 40.3 Å². The van der Waals surface area contributed by atoms with Gasteiger partial charge in [-0.05, 0) is 30.7 Å². The topological polar surface area (TPSA) is 72.1 Å². The van der Waals surface area contributed by atoms with E-state index in [4.69, 9.17) is 15.2 Å². The number of nitrogens with two attached hydrogens (primary N) is 1. The van der Waals surface area contributed by atoms with Gasteiger partial charge in [0.05, 0.1) is 19.9 Å². The zero-order valence-corrected chi connectivity index (χ0v) is 15.0. The summed E-state index contributed by atoms with van der Waals surface area (Å²) >= 11 is 0. The van der Waals surface area contributed by atoms with Crippen LogP contribution in [0.4, 0.5) is 11.4 Å². The van der Waals surface area contributed by atoms with Gasteiger partial charge in [0.1, 0.15) is 11.5 Å². The third-order valence-electron chi connectivity index (χ3n) is 3.80. The van der Waals surface area contributed by atoms with Crippen molar-refractivity contribution in [2.24, 2.45) is 10.7 Å². The van der Waals surface area contributed by atoms with E-state index >= 15 is 0 Å². The SMILES string of the molecule is COc1ccc(OC)c(NC(N)=NCCCN(C)c2ccccc2)c1. The molecule has 0 unspecified atom stereocenters. The van der Waals surface area contributed by atoms with Crippen LogP contribution in [0.1, 0.15) is 6.42 Å². The first-order chi connectivity index (χ1) is 12.1. The summed E-state index contributed by atoms with van der Waals surface area (Å²) in [5.74, 6) is 1.76. The zero-order valence-electron chi connectivity index (χ0n) is 15.0. The van der Waals surface area contributed by atoms with Crippen LogP contribution in [0.25, 0.3) is 0 Å². The number of ether oxygens (including phenoxy) is 2. The van der Waals surface area contributed by atoms with E-state index in [-0.39, 0.29) is 0 Å². The molecule has 2 aromatic carbocycles. The van der Waals surface area contributed by atoms with Gasteiger partial charge in [-0.25, -0.2) is 0 Å². The summed E-state index contributed by atoms with van der Waals surface area (Å²) in [5, 5.41) is 3.07. The van der Waals surface area contributed by atoms with Crippen LogP contribution in [0.3, 0.4) is 0 Å². The van der Waals surface area contributed by atoms with Crippen LogP contribution < -0.4 is 25.4 Å². The maximum Gasteiger partial charge on any atom is 0.193 e. The zero-order chi connectivity index (χ0) is 18.1. The molecule has 0 saturated carbocycles. The fourth-order valence-corrected chi connectivity index (χ4v) is 2.41. The molecule has 2 aromatic rings. The van der Waals surface area contributed by atoms with Crippen molar-refractivity contribution >= 4 is 17.3 Å². The molecular weight excluding hydrogens is 316 g/mol. The van der Waals surface area contributed by atoms with Gasteiger partial charge < -0.3 is 25.4 Å². The van der Waals surface area contributed by atoms with E-state index in [0.717, 1.165) is 24.4 Å². The molecule has 6 heteroatoms. The quantitative estimate of drug-likeness (QED) is 0.438. The van der Waals surface area contributed by atoms with Crippen molar-refractivity contribution in [1.29, 1.82) is 0 Å². The summed E-state index contributed by atoms with van der Waals surface area (Å²) in [6.45, 7) is 1.55. The Morgan fingerprint density at radius 3 is 2.56 bits per heavy atom. The summed E-state index contributed by atoms with van der Waals surface area (Å²) in [5.41, 5.74) is 7.90. The summed E-state index contributed by atoms with van der Waals surface area (Å²) in [7, 11) is 5.30. The third kappa shape index (κ3) is 5.60. The lowest BCUT2D eigenvalue weighted by Gasteiger charge is -2.18.